The van der Waals surface area contributed by atoms with Crippen LogP contribution in [0.3, 0.4) is 0 Å². The number of carbonyl (C=O) groups is 1. The van der Waals surface area contributed by atoms with Gasteiger partial charge in [0.1, 0.15) is 16.3 Å². The molecule has 0 aliphatic rings. The van der Waals surface area contributed by atoms with Crippen molar-refractivity contribution in [2.75, 3.05) is 12.4 Å². The molecule has 0 atom stereocenters. The number of carbonyl (C=O) groups excluding carboxylic acids is 1. The van der Waals surface area contributed by atoms with Crippen LogP contribution in [0.5, 0.6) is 0 Å². The summed E-state index contributed by atoms with van der Waals surface area (Å²) < 4.78 is 6.36. The Kier molecular flexibility index (Phi) is 5.62. The number of ether oxygens (including phenoxy) is 1. The van der Waals surface area contributed by atoms with E-state index in [-0.39, 0.29) is 5.56 Å². The summed E-state index contributed by atoms with van der Waals surface area (Å²) in [5.41, 5.74) is 1.63. The fraction of sp³-hybridized carbons (Fsp3) is 0.111. The molecule has 0 radical (unpaired) electrons. The lowest BCUT2D eigenvalue weighted by molar-refractivity contribution is 0.0601. The van der Waals surface area contributed by atoms with E-state index in [4.69, 9.17) is 27.9 Å². The van der Waals surface area contributed by atoms with Crippen LogP contribution in [0.15, 0.2) is 36.5 Å². The van der Waals surface area contributed by atoms with Gasteiger partial charge in [-0.15, -0.1) is 5.10 Å². The number of methoxy groups -OCH3 is 1. The van der Waals surface area contributed by atoms with Crippen LogP contribution < -0.4 is 5.32 Å². The highest BCUT2D eigenvalue weighted by Crippen LogP contribution is 2.40. The smallest absolute Gasteiger partial charge is 0.341 e. The molecule has 12 heteroatoms. The first-order valence-corrected chi connectivity index (χ1v) is 10.0. The Morgan fingerprint density at radius 1 is 1.23 bits per heavy atom. The summed E-state index contributed by atoms with van der Waals surface area (Å²) in [7, 11) is 3.04. The lowest BCUT2D eigenvalue weighted by Crippen LogP contribution is -2.06. The maximum Gasteiger partial charge on any atom is 0.341 e. The van der Waals surface area contributed by atoms with E-state index >= 15 is 0 Å². The van der Waals surface area contributed by atoms with Crippen molar-refractivity contribution >= 4 is 51.5 Å². The Morgan fingerprint density at radius 3 is 2.77 bits per heavy atom. The Labute approximate surface area is 184 Å². The van der Waals surface area contributed by atoms with Gasteiger partial charge in [-0.3, -0.25) is 0 Å². The second kappa shape index (κ2) is 8.34. The Bertz CT molecular complexity index is 1240. The van der Waals surface area contributed by atoms with Crippen LogP contribution in [0.25, 0.3) is 22.0 Å². The number of nitrogens with one attached hydrogen (secondary N) is 1. The fourth-order valence-corrected chi connectivity index (χ4v) is 3.97. The summed E-state index contributed by atoms with van der Waals surface area (Å²) in [6.07, 6.45) is 1.57. The van der Waals surface area contributed by atoms with E-state index in [0.29, 0.717) is 37.4 Å². The number of pyridine rings is 1. The number of esters is 1. The van der Waals surface area contributed by atoms with Crippen molar-refractivity contribution in [3.8, 4) is 22.0 Å². The normalized spacial score (nSPS) is 10.8. The van der Waals surface area contributed by atoms with Gasteiger partial charge < -0.3 is 10.1 Å². The van der Waals surface area contributed by atoms with Gasteiger partial charge in [-0.05, 0) is 34.7 Å². The molecule has 1 aromatic carbocycles. The number of benzene rings is 1. The summed E-state index contributed by atoms with van der Waals surface area (Å²) in [6, 6.07) is 8.48. The Hall–Kier alpha value is -3.08. The number of aryl methyl sites for hydroxylation is 1. The highest BCUT2D eigenvalue weighted by atomic mass is 35.5. The van der Waals surface area contributed by atoms with Crippen molar-refractivity contribution in [2.24, 2.45) is 7.05 Å². The van der Waals surface area contributed by atoms with Crippen molar-refractivity contribution in [3.05, 3.63) is 52.1 Å². The average Bonchev–Trinajstić information content (AvgIpc) is 3.35. The molecule has 3 aromatic heterocycles. The molecule has 3 heterocycles. The van der Waals surface area contributed by atoms with Crippen molar-refractivity contribution < 1.29 is 9.53 Å². The number of anilines is 2. The maximum atomic E-state index is 12.0. The highest BCUT2D eigenvalue weighted by molar-refractivity contribution is 7.19. The third-order valence-electron chi connectivity index (χ3n) is 4.08. The van der Waals surface area contributed by atoms with Crippen LogP contribution in [0.2, 0.25) is 10.0 Å². The minimum absolute atomic E-state index is 0.285. The lowest BCUT2D eigenvalue weighted by Gasteiger charge is -2.06. The molecule has 4 rings (SSSR count). The van der Waals surface area contributed by atoms with Crippen molar-refractivity contribution in [1.82, 2.24) is 30.2 Å². The quantitative estimate of drug-likeness (QED) is 0.439. The van der Waals surface area contributed by atoms with E-state index < -0.39 is 5.97 Å². The van der Waals surface area contributed by atoms with Crippen LogP contribution in [0, 0.1) is 0 Å². The van der Waals surface area contributed by atoms with E-state index in [9.17, 15) is 4.79 Å². The summed E-state index contributed by atoms with van der Waals surface area (Å²) in [6.45, 7) is 0. The van der Waals surface area contributed by atoms with Gasteiger partial charge in [0.2, 0.25) is 0 Å². The van der Waals surface area contributed by atoms with Gasteiger partial charge in [-0.25, -0.2) is 19.4 Å². The van der Waals surface area contributed by atoms with Crippen LogP contribution in [0.4, 0.5) is 10.9 Å². The van der Waals surface area contributed by atoms with Crippen LogP contribution in [-0.2, 0) is 11.8 Å². The first-order valence-electron chi connectivity index (χ1n) is 8.47. The van der Waals surface area contributed by atoms with E-state index in [1.54, 1.807) is 48.3 Å². The van der Waals surface area contributed by atoms with Crippen LogP contribution >= 0.6 is 34.5 Å². The number of hydrogen-bond donors (Lipinski definition) is 1. The predicted octanol–water partition coefficient (Wildman–Crippen LogP) is 4.23. The molecule has 0 bridgehead atoms. The van der Waals surface area contributed by atoms with Crippen LogP contribution in [0.1, 0.15) is 10.4 Å². The predicted molar refractivity (Wildman–Crippen MR) is 114 cm³/mol. The van der Waals surface area contributed by atoms with Gasteiger partial charge in [0.15, 0.2) is 11.0 Å². The molecule has 0 spiro atoms. The van der Waals surface area contributed by atoms with E-state index in [0.717, 1.165) is 5.56 Å². The molecule has 9 nitrogen and oxygen atoms in total. The standard InChI is InChI=1S/C18H13Cl2N7O2S/c1-27-16(24-25-26-27)14-13(9-5-6-11(19)12(20)8-9)22-18(30-14)23-15-10(17(28)29-2)4-3-7-21-15/h3-8H,1-2H3,(H,21,22,23). The Balaban J connectivity index is 1.82. The summed E-state index contributed by atoms with van der Waals surface area (Å²) in [5, 5.41) is 16.1. The van der Waals surface area contributed by atoms with E-state index in [2.05, 4.69) is 30.8 Å². The van der Waals surface area contributed by atoms with Crippen molar-refractivity contribution in [1.29, 1.82) is 0 Å². The minimum atomic E-state index is -0.510. The van der Waals surface area contributed by atoms with Gasteiger partial charge in [-0.2, -0.15) is 0 Å². The Morgan fingerprint density at radius 2 is 2.07 bits per heavy atom. The first-order chi connectivity index (χ1) is 14.5. The van der Waals surface area contributed by atoms with Gasteiger partial charge in [0, 0.05) is 18.8 Å². The molecule has 1 N–H and O–H groups in total. The van der Waals surface area contributed by atoms with Gasteiger partial charge in [-0.1, -0.05) is 40.6 Å². The first kappa shape index (κ1) is 20.2. The zero-order chi connectivity index (χ0) is 21.3. The SMILES string of the molecule is COC(=O)c1cccnc1Nc1nc(-c2ccc(Cl)c(Cl)c2)c(-c2nnnn2C)s1. The molecule has 0 amide bonds. The van der Waals surface area contributed by atoms with E-state index in [1.807, 2.05) is 0 Å². The van der Waals surface area contributed by atoms with Gasteiger partial charge in [0.05, 0.1) is 22.8 Å². The second-order valence-electron chi connectivity index (χ2n) is 5.97. The molecular weight excluding hydrogens is 449 g/mol. The average molecular weight is 462 g/mol. The molecule has 0 fully saturated rings. The molecule has 152 valence electrons. The number of aromatic nitrogens is 6. The van der Waals surface area contributed by atoms with Gasteiger partial charge in [0.25, 0.3) is 0 Å². The second-order valence-corrected chi connectivity index (χ2v) is 7.78. The number of rotatable bonds is 5. The molecule has 0 saturated carbocycles. The molecule has 0 saturated heterocycles. The highest BCUT2D eigenvalue weighted by Gasteiger charge is 2.21. The number of hydrogen-bond acceptors (Lipinski definition) is 9. The number of tetrazole rings is 1. The molecule has 4 aromatic rings. The molecule has 30 heavy (non-hydrogen) atoms. The number of nitrogens with zero attached hydrogens (tertiary/aromatic N) is 6. The largest absolute Gasteiger partial charge is 0.465 e. The number of halogens is 2. The summed E-state index contributed by atoms with van der Waals surface area (Å²) in [4.78, 5) is 21.7. The number of thiazole rings is 1. The fourth-order valence-electron chi connectivity index (χ4n) is 2.67. The van der Waals surface area contributed by atoms with E-state index in [1.165, 1.54) is 18.4 Å². The summed E-state index contributed by atoms with van der Waals surface area (Å²) >= 11 is 13.6. The molecular formula is C18H13Cl2N7O2S. The van der Waals surface area contributed by atoms with Gasteiger partial charge >= 0.3 is 5.97 Å². The zero-order valence-electron chi connectivity index (χ0n) is 15.6. The topological polar surface area (TPSA) is 108 Å². The van der Waals surface area contributed by atoms with Crippen molar-refractivity contribution in [2.45, 2.75) is 0 Å². The molecule has 0 unspecified atom stereocenters. The zero-order valence-corrected chi connectivity index (χ0v) is 18.0. The minimum Gasteiger partial charge on any atom is -0.465 e. The summed E-state index contributed by atoms with van der Waals surface area (Å²) in [5.74, 6) is 0.335. The molecule has 0 aliphatic heterocycles. The lowest BCUT2D eigenvalue weighted by atomic mass is 10.1. The monoisotopic (exact) mass is 461 g/mol. The maximum absolute atomic E-state index is 12.0. The third kappa shape index (κ3) is 3.84. The third-order valence-corrected chi connectivity index (χ3v) is 5.79. The molecule has 0 aliphatic carbocycles. The van der Waals surface area contributed by atoms with Crippen LogP contribution in [-0.4, -0.2) is 43.3 Å². The van der Waals surface area contributed by atoms with Crippen molar-refractivity contribution in [3.63, 3.8) is 0 Å².